The molecule has 1 aromatic heterocycles. The first-order valence-electron chi connectivity index (χ1n) is 6.16. The molecule has 2 heterocycles. The van der Waals surface area contributed by atoms with Crippen LogP contribution in [0, 0.1) is 5.92 Å². The quantitative estimate of drug-likeness (QED) is 0.864. The lowest BCUT2D eigenvalue weighted by Crippen LogP contribution is -2.20. The van der Waals surface area contributed by atoms with Crippen LogP contribution in [0.5, 0.6) is 5.75 Å². The fourth-order valence-corrected chi connectivity index (χ4v) is 2.13. The maximum Gasteiger partial charge on any atom is 0.140 e. The second kappa shape index (κ2) is 5.36. The minimum absolute atomic E-state index is 0.163. The van der Waals surface area contributed by atoms with Crippen LogP contribution >= 0.6 is 0 Å². The highest BCUT2D eigenvalue weighted by atomic mass is 16.5. The zero-order valence-corrected chi connectivity index (χ0v) is 10.5. The molecule has 4 heteroatoms. The van der Waals surface area contributed by atoms with Gasteiger partial charge in [-0.1, -0.05) is 0 Å². The Morgan fingerprint density at radius 2 is 2.35 bits per heavy atom. The summed E-state index contributed by atoms with van der Waals surface area (Å²) in [5, 5.41) is 9.14. The second-order valence-corrected chi connectivity index (χ2v) is 4.83. The van der Waals surface area contributed by atoms with Gasteiger partial charge in [0.05, 0.1) is 24.2 Å². The summed E-state index contributed by atoms with van der Waals surface area (Å²) in [4.78, 5) is 6.46. The Morgan fingerprint density at radius 3 is 3.00 bits per heavy atom. The highest BCUT2D eigenvalue weighted by molar-refractivity contribution is 5.49. The summed E-state index contributed by atoms with van der Waals surface area (Å²) in [6, 6.07) is 2.02. The molecule has 1 N–H and O–H groups in total. The molecule has 0 amide bonds. The maximum atomic E-state index is 9.14. The van der Waals surface area contributed by atoms with Crippen molar-refractivity contribution < 1.29 is 9.84 Å². The number of ether oxygens (including phenoxy) is 1. The molecule has 94 valence electrons. The molecule has 1 aromatic rings. The van der Waals surface area contributed by atoms with Crippen LogP contribution in [-0.2, 0) is 0 Å². The fraction of sp³-hybridized carbons (Fsp3) is 0.615. The Morgan fingerprint density at radius 1 is 1.53 bits per heavy atom. The molecule has 17 heavy (non-hydrogen) atoms. The van der Waals surface area contributed by atoms with E-state index < -0.39 is 0 Å². The second-order valence-electron chi connectivity index (χ2n) is 4.83. The highest BCUT2D eigenvalue weighted by Gasteiger charge is 2.22. The first-order chi connectivity index (χ1) is 8.19. The molecule has 0 aromatic carbocycles. The van der Waals surface area contributed by atoms with Crippen LogP contribution in [0.1, 0.15) is 20.3 Å². The zero-order valence-electron chi connectivity index (χ0n) is 10.5. The topological polar surface area (TPSA) is 45.6 Å². The first-order valence-corrected chi connectivity index (χ1v) is 6.16. The number of rotatable bonds is 4. The highest BCUT2D eigenvalue weighted by Crippen LogP contribution is 2.26. The van der Waals surface area contributed by atoms with E-state index in [1.807, 2.05) is 26.1 Å². The molecule has 0 bridgehead atoms. The van der Waals surface area contributed by atoms with Gasteiger partial charge in [0, 0.05) is 31.7 Å². The summed E-state index contributed by atoms with van der Waals surface area (Å²) < 4.78 is 5.63. The standard InChI is InChI=1S/C13H20N2O2/c1-10(2)17-13-5-12(6-14-7-13)15-4-3-11(8-15)9-16/h5-7,10-11,16H,3-4,8-9H2,1-2H3/t11-/m1/s1. The van der Waals surface area contributed by atoms with Crippen LogP contribution in [0.15, 0.2) is 18.5 Å². The van der Waals surface area contributed by atoms with Crippen LogP contribution in [-0.4, -0.2) is 35.9 Å². The van der Waals surface area contributed by atoms with Gasteiger partial charge in [0.15, 0.2) is 0 Å². The average Bonchev–Trinajstić information content (AvgIpc) is 2.77. The van der Waals surface area contributed by atoms with E-state index >= 15 is 0 Å². The van der Waals surface area contributed by atoms with Crippen LogP contribution in [0.25, 0.3) is 0 Å². The van der Waals surface area contributed by atoms with Gasteiger partial charge in [-0.15, -0.1) is 0 Å². The van der Waals surface area contributed by atoms with Crippen molar-refractivity contribution in [2.45, 2.75) is 26.4 Å². The van der Waals surface area contributed by atoms with Gasteiger partial charge in [-0.3, -0.25) is 4.98 Å². The van der Waals surface area contributed by atoms with Crippen molar-refractivity contribution in [1.82, 2.24) is 4.98 Å². The molecule has 1 fully saturated rings. The molecule has 0 radical (unpaired) electrons. The fourth-order valence-electron chi connectivity index (χ4n) is 2.13. The SMILES string of the molecule is CC(C)Oc1cncc(N2CC[C@@H](CO)C2)c1. The largest absolute Gasteiger partial charge is 0.489 e. The van der Waals surface area contributed by atoms with Gasteiger partial charge in [-0.05, 0) is 20.3 Å². The van der Waals surface area contributed by atoms with Crippen molar-refractivity contribution in [3.63, 3.8) is 0 Å². The van der Waals surface area contributed by atoms with Gasteiger partial charge in [-0.25, -0.2) is 0 Å². The number of aliphatic hydroxyl groups excluding tert-OH is 1. The van der Waals surface area contributed by atoms with Crippen molar-refractivity contribution in [2.24, 2.45) is 5.92 Å². The predicted octanol–water partition coefficient (Wildman–Crippen LogP) is 1.69. The van der Waals surface area contributed by atoms with Gasteiger partial charge in [0.2, 0.25) is 0 Å². The van der Waals surface area contributed by atoms with E-state index in [-0.39, 0.29) is 12.7 Å². The molecule has 1 aliphatic rings. The lowest BCUT2D eigenvalue weighted by Gasteiger charge is -2.19. The molecule has 1 aliphatic heterocycles. The molecule has 2 rings (SSSR count). The molecule has 1 saturated heterocycles. The first kappa shape index (κ1) is 12.2. The Hall–Kier alpha value is -1.29. The van der Waals surface area contributed by atoms with E-state index in [1.54, 1.807) is 6.20 Å². The molecule has 1 atom stereocenters. The van der Waals surface area contributed by atoms with Crippen LogP contribution in [0.2, 0.25) is 0 Å². The van der Waals surface area contributed by atoms with Crippen LogP contribution in [0.4, 0.5) is 5.69 Å². The molecular weight excluding hydrogens is 216 g/mol. The summed E-state index contributed by atoms with van der Waals surface area (Å²) in [5.74, 6) is 1.20. The van der Waals surface area contributed by atoms with Gasteiger partial charge < -0.3 is 14.7 Å². The Balaban J connectivity index is 2.06. The minimum Gasteiger partial charge on any atom is -0.489 e. The molecule has 0 aliphatic carbocycles. The average molecular weight is 236 g/mol. The molecule has 0 unspecified atom stereocenters. The van der Waals surface area contributed by atoms with E-state index in [2.05, 4.69) is 9.88 Å². The predicted molar refractivity (Wildman–Crippen MR) is 67.4 cm³/mol. The van der Waals surface area contributed by atoms with Gasteiger partial charge in [-0.2, -0.15) is 0 Å². The third-order valence-electron chi connectivity index (χ3n) is 2.98. The van der Waals surface area contributed by atoms with Crippen molar-refractivity contribution in [2.75, 3.05) is 24.6 Å². The number of aromatic nitrogens is 1. The number of aliphatic hydroxyl groups is 1. The van der Waals surface area contributed by atoms with Crippen LogP contribution in [0.3, 0.4) is 0 Å². The summed E-state index contributed by atoms with van der Waals surface area (Å²) in [7, 11) is 0. The number of pyridine rings is 1. The lowest BCUT2D eigenvalue weighted by atomic mass is 10.1. The third-order valence-corrected chi connectivity index (χ3v) is 2.98. The Bertz CT molecular complexity index is 368. The summed E-state index contributed by atoms with van der Waals surface area (Å²) in [6.07, 6.45) is 4.80. The summed E-state index contributed by atoms with van der Waals surface area (Å²) >= 11 is 0. The number of nitrogens with zero attached hydrogens (tertiary/aromatic N) is 2. The minimum atomic E-state index is 0.163. The summed E-state index contributed by atoms with van der Waals surface area (Å²) in [6.45, 7) is 6.17. The van der Waals surface area contributed by atoms with Crippen molar-refractivity contribution in [1.29, 1.82) is 0 Å². The van der Waals surface area contributed by atoms with E-state index in [0.29, 0.717) is 5.92 Å². The zero-order chi connectivity index (χ0) is 12.3. The van der Waals surface area contributed by atoms with Crippen molar-refractivity contribution in [3.8, 4) is 5.75 Å². The van der Waals surface area contributed by atoms with E-state index in [1.165, 1.54) is 0 Å². The number of hydrogen-bond donors (Lipinski definition) is 1. The van der Waals surface area contributed by atoms with Gasteiger partial charge >= 0.3 is 0 Å². The smallest absolute Gasteiger partial charge is 0.140 e. The van der Waals surface area contributed by atoms with E-state index in [4.69, 9.17) is 9.84 Å². The Labute approximate surface area is 102 Å². The number of hydrogen-bond acceptors (Lipinski definition) is 4. The van der Waals surface area contributed by atoms with Crippen molar-refractivity contribution in [3.05, 3.63) is 18.5 Å². The van der Waals surface area contributed by atoms with E-state index in [0.717, 1.165) is 30.9 Å². The van der Waals surface area contributed by atoms with Crippen molar-refractivity contribution >= 4 is 5.69 Å². The number of anilines is 1. The molecule has 0 spiro atoms. The molecule has 0 saturated carbocycles. The van der Waals surface area contributed by atoms with Gasteiger partial charge in [0.25, 0.3) is 0 Å². The lowest BCUT2D eigenvalue weighted by molar-refractivity contribution is 0.238. The monoisotopic (exact) mass is 236 g/mol. The van der Waals surface area contributed by atoms with Crippen LogP contribution < -0.4 is 9.64 Å². The molecular formula is C13H20N2O2. The maximum absolute atomic E-state index is 9.14. The third kappa shape index (κ3) is 3.09. The van der Waals surface area contributed by atoms with E-state index in [9.17, 15) is 0 Å². The molecule has 4 nitrogen and oxygen atoms in total. The normalized spacial score (nSPS) is 20.0. The summed E-state index contributed by atoms with van der Waals surface area (Å²) in [5.41, 5.74) is 1.08. The Kier molecular flexibility index (Phi) is 3.84. The van der Waals surface area contributed by atoms with Gasteiger partial charge in [0.1, 0.15) is 5.75 Å².